The van der Waals surface area contributed by atoms with Gasteiger partial charge in [-0.3, -0.25) is 0 Å². The summed E-state index contributed by atoms with van der Waals surface area (Å²) in [6.45, 7) is 5.29. The summed E-state index contributed by atoms with van der Waals surface area (Å²) in [5, 5.41) is 3.02. The van der Waals surface area contributed by atoms with Crippen molar-refractivity contribution in [1.29, 1.82) is 0 Å². The molecule has 0 atom stereocenters. The molecular formula is C15H20FN5. The van der Waals surface area contributed by atoms with E-state index < -0.39 is 0 Å². The fourth-order valence-corrected chi connectivity index (χ4v) is 1.80. The molecular weight excluding hydrogens is 269 g/mol. The first-order chi connectivity index (χ1) is 10.1. The second-order valence-corrected chi connectivity index (χ2v) is 5.23. The van der Waals surface area contributed by atoms with E-state index in [0.29, 0.717) is 24.1 Å². The van der Waals surface area contributed by atoms with E-state index in [1.165, 1.54) is 6.07 Å². The number of rotatable bonds is 5. The monoisotopic (exact) mass is 289 g/mol. The topological polar surface area (TPSA) is 68.2 Å². The lowest BCUT2D eigenvalue weighted by Gasteiger charge is -2.08. The summed E-state index contributed by atoms with van der Waals surface area (Å²) in [5.74, 6) is 0.558. The van der Waals surface area contributed by atoms with E-state index in [9.17, 15) is 4.39 Å². The molecule has 5 nitrogen and oxygen atoms in total. The average Bonchev–Trinajstić information content (AvgIpc) is 2.97. The van der Waals surface area contributed by atoms with Crippen LogP contribution in [0.3, 0.4) is 0 Å². The average molecular weight is 289 g/mol. The van der Waals surface area contributed by atoms with Crippen LogP contribution < -0.4 is 11.1 Å². The number of imidazole rings is 1. The molecule has 0 bridgehead atoms. The molecule has 1 aromatic heterocycles. The van der Waals surface area contributed by atoms with E-state index >= 15 is 0 Å². The van der Waals surface area contributed by atoms with Crippen molar-refractivity contribution in [1.82, 2.24) is 14.9 Å². The zero-order valence-corrected chi connectivity index (χ0v) is 12.3. The quantitative estimate of drug-likeness (QED) is 0.654. The highest BCUT2D eigenvalue weighted by molar-refractivity contribution is 5.77. The normalized spacial score (nSPS) is 11.9. The third-order valence-corrected chi connectivity index (χ3v) is 2.92. The summed E-state index contributed by atoms with van der Waals surface area (Å²) in [7, 11) is 0. The Balaban J connectivity index is 2.02. The summed E-state index contributed by atoms with van der Waals surface area (Å²) in [4.78, 5) is 8.10. The van der Waals surface area contributed by atoms with E-state index in [-0.39, 0.29) is 5.82 Å². The molecule has 6 heteroatoms. The highest BCUT2D eigenvalue weighted by Crippen LogP contribution is 2.15. The second kappa shape index (κ2) is 6.88. The molecule has 0 spiro atoms. The molecule has 2 aromatic rings. The van der Waals surface area contributed by atoms with Crippen molar-refractivity contribution in [2.45, 2.75) is 20.4 Å². The lowest BCUT2D eigenvalue weighted by molar-refractivity contribution is 0.615. The van der Waals surface area contributed by atoms with E-state index in [1.54, 1.807) is 29.4 Å². The number of halogens is 1. The molecule has 2 rings (SSSR count). The van der Waals surface area contributed by atoms with Gasteiger partial charge in [0.05, 0.1) is 18.6 Å². The molecule has 1 aromatic carbocycles. The Bertz CT molecular complexity index is 605. The molecule has 1 heterocycles. The number of guanidine groups is 1. The molecule has 0 saturated heterocycles. The maximum absolute atomic E-state index is 14.0. The van der Waals surface area contributed by atoms with Gasteiger partial charge in [-0.25, -0.2) is 14.4 Å². The van der Waals surface area contributed by atoms with E-state index in [4.69, 9.17) is 5.73 Å². The Labute approximate surface area is 123 Å². The van der Waals surface area contributed by atoms with Crippen LogP contribution in [0.2, 0.25) is 0 Å². The molecule has 0 unspecified atom stereocenters. The van der Waals surface area contributed by atoms with Crippen molar-refractivity contribution < 1.29 is 4.39 Å². The first-order valence-corrected chi connectivity index (χ1v) is 6.87. The molecule has 0 fully saturated rings. The molecule has 112 valence electrons. The standard InChI is InChI=1S/C15H20FN5/c1-11(2)8-19-15(17)20-9-12-3-4-14(13(16)7-12)21-6-5-18-10-21/h3-7,10-11H,8-9H2,1-2H3,(H3,17,19,20). The number of benzene rings is 1. The molecule has 0 saturated carbocycles. The number of nitrogens with zero attached hydrogens (tertiary/aromatic N) is 3. The maximum Gasteiger partial charge on any atom is 0.188 e. The Morgan fingerprint density at radius 2 is 2.29 bits per heavy atom. The van der Waals surface area contributed by atoms with Crippen LogP contribution in [0.1, 0.15) is 19.4 Å². The van der Waals surface area contributed by atoms with E-state index in [0.717, 1.165) is 12.1 Å². The van der Waals surface area contributed by atoms with Crippen LogP contribution in [-0.2, 0) is 6.54 Å². The smallest absolute Gasteiger partial charge is 0.188 e. The van der Waals surface area contributed by atoms with E-state index in [1.807, 2.05) is 6.07 Å². The van der Waals surface area contributed by atoms with Gasteiger partial charge in [-0.2, -0.15) is 0 Å². The van der Waals surface area contributed by atoms with Gasteiger partial charge in [-0.1, -0.05) is 19.9 Å². The molecule has 0 radical (unpaired) electrons. The lowest BCUT2D eigenvalue weighted by atomic mass is 10.2. The number of hydrogen-bond donors (Lipinski definition) is 2. The van der Waals surface area contributed by atoms with Gasteiger partial charge < -0.3 is 15.6 Å². The summed E-state index contributed by atoms with van der Waals surface area (Å²) in [6.07, 6.45) is 4.87. The van der Waals surface area contributed by atoms with Crippen LogP contribution >= 0.6 is 0 Å². The lowest BCUT2D eigenvalue weighted by Crippen LogP contribution is -2.34. The van der Waals surface area contributed by atoms with Gasteiger partial charge in [0.1, 0.15) is 5.82 Å². The predicted molar refractivity (Wildman–Crippen MR) is 81.7 cm³/mol. The van der Waals surface area contributed by atoms with Gasteiger partial charge in [0.25, 0.3) is 0 Å². The van der Waals surface area contributed by atoms with Crippen LogP contribution in [0.25, 0.3) is 5.69 Å². The Hall–Kier alpha value is -2.37. The van der Waals surface area contributed by atoms with Crippen LogP contribution in [0.5, 0.6) is 0 Å². The van der Waals surface area contributed by atoms with Crippen LogP contribution in [0, 0.1) is 11.7 Å². The Morgan fingerprint density at radius 3 is 2.90 bits per heavy atom. The van der Waals surface area contributed by atoms with Crippen molar-refractivity contribution in [3.63, 3.8) is 0 Å². The number of aromatic nitrogens is 2. The third kappa shape index (κ3) is 4.30. The summed E-state index contributed by atoms with van der Waals surface area (Å²) in [6, 6.07) is 5.01. The van der Waals surface area contributed by atoms with Gasteiger partial charge in [0.15, 0.2) is 5.96 Å². The SMILES string of the molecule is CC(C)CNC(N)=NCc1ccc(-n2ccnc2)c(F)c1. The largest absolute Gasteiger partial charge is 0.370 e. The van der Waals surface area contributed by atoms with Crippen molar-refractivity contribution in [2.75, 3.05) is 6.54 Å². The van der Waals surface area contributed by atoms with Crippen LogP contribution in [0.15, 0.2) is 41.9 Å². The number of aliphatic imine (C=N–C) groups is 1. The first kappa shape index (κ1) is 15.0. The highest BCUT2D eigenvalue weighted by atomic mass is 19.1. The van der Waals surface area contributed by atoms with Gasteiger partial charge in [0.2, 0.25) is 0 Å². The molecule has 0 aliphatic heterocycles. The Morgan fingerprint density at radius 1 is 1.48 bits per heavy atom. The minimum absolute atomic E-state index is 0.311. The van der Waals surface area contributed by atoms with E-state index in [2.05, 4.69) is 29.1 Å². The second-order valence-electron chi connectivity index (χ2n) is 5.23. The predicted octanol–water partition coefficient (Wildman–Crippen LogP) is 2.07. The number of nitrogens with one attached hydrogen (secondary N) is 1. The molecule has 3 N–H and O–H groups in total. The highest BCUT2D eigenvalue weighted by Gasteiger charge is 2.05. The van der Waals surface area contributed by atoms with Crippen LogP contribution in [0.4, 0.5) is 4.39 Å². The summed E-state index contributed by atoms with van der Waals surface area (Å²) >= 11 is 0. The van der Waals surface area contributed by atoms with Gasteiger partial charge in [0, 0.05) is 18.9 Å². The van der Waals surface area contributed by atoms with Gasteiger partial charge in [-0.05, 0) is 23.6 Å². The van der Waals surface area contributed by atoms with Crippen molar-refractivity contribution in [3.8, 4) is 5.69 Å². The zero-order valence-electron chi connectivity index (χ0n) is 12.3. The molecule has 0 aliphatic carbocycles. The zero-order chi connectivity index (χ0) is 15.2. The molecule has 0 amide bonds. The fraction of sp³-hybridized carbons (Fsp3) is 0.333. The fourth-order valence-electron chi connectivity index (χ4n) is 1.80. The van der Waals surface area contributed by atoms with Crippen molar-refractivity contribution >= 4 is 5.96 Å². The van der Waals surface area contributed by atoms with Crippen molar-refractivity contribution in [2.24, 2.45) is 16.6 Å². The molecule has 0 aliphatic rings. The van der Waals surface area contributed by atoms with Crippen LogP contribution in [-0.4, -0.2) is 22.1 Å². The van der Waals surface area contributed by atoms with Crippen molar-refractivity contribution in [3.05, 3.63) is 48.3 Å². The number of hydrogen-bond acceptors (Lipinski definition) is 2. The summed E-state index contributed by atoms with van der Waals surface area (Å²) < 4.78 is 15.7. The Kier molecular flexibility index (Phi) is 4.92. The maximum atomic E-state index is 14.0. The minimum Gasteiger partial charge on any atom is -0.370 e. The van der Waals surface area contributed by atoms with Gasteiger partial charge in [-0.15, -0.1) is 0 Å². The van der Waals surface area contributed by atoms with Gasteiger partial charge >= 0.3 is 0 Å². The minimum atomic E-state index is -0.311. The first-order valence-electron chi connectivity index (χ1n) is 6.87. The third-order valence-electron chi connectivity index (χ3n) is 2.92. The number of nitrogens with two attached hydrogens (primary N) is 1. The molecule has 21 heavy (non-hydrogen) atoms. The summed E-state index contributed by atoms with van der Waals surface area (Å²) in [5.41, 5.74) is 6.98.